The normalized spacial score (nSPS) is 14.9. The third-order valence-electron chi connectivity index (χ3n) is 4.99. The zero-order valence-corrected chi connectivity index (χ0v) is 16.3. The number of halogens is 1. The number of hydrogen-bond acceptors (Lipinski definition) is 5. The number of benzene rings is 1. The minimum atomic E-state index is -0.0209. The number of aromatic nitrogens is 4. The fourth-order valence-electron chi connectivity index (χ4n) is 3.44. The average molecular weight is 397 g/mol. The molecule has 0 spiro atoms. The van der Waals surface area contributed by atoms with E-state index in [-0.39, 0.29) is 11.8 Å². The maximum atomic E-state index is 12.6. The molecule has 1 fully saturated rings. The van der Waals surface area contributed by atoms with E-state index in [0.717, 1.165) is 49.1 Å². The largest absolute Gasteiger partial charge is 0.356 e. The highest BCUT2D eigenvalue weighted by molar-refractivity contribution is 6.30. The van der Waals surface area contributed by atoms with E-state index < -0.39 is 0 Å². The Kier molecular flexibility index (Phi) is 5.25. The molecule has 1 aliphatic rings. The van der Waals surface area contributed by atoms with Gasteiger partial charge in [-0.2, -0.15) is 0 Å². The van der Waals surface area contributed by atoms with Crippen molar-refractivity contribution >= 4 is 29.0 Å². The Labute approximate surface area is 168 Å². The van der Waals surface area contributed by atoms with Crippen LogP contribution >= 0.6 is 11.6 Å². The molecule has 7 nitrogen and oxygen atoms in total. The van der Waals surface area contributed by atoms with Crippen LogP contribution < -0.4 is 10.2 Å². The van der Waals surface area contributed by atoms with Crippen molar-refractivity contribution in [1.29, 1.82) is 0 Å². The zero-order valence-electron chi connectivity index (χ0n) is 15.5. The Bertz CT molecular complexity index is 980. The molecule has 0 radical (unpaired) electrons. The van der Waals surface area contributed by atoms with Crippen molar-refractivity contribution in [1.82, 2.24) is 19.5 Å². The molecule has 0 atom stereocenters. The smallest absolute Gasteiger partial charge is 0.227 e. The highest BCUT2D eigenvalue weighted by atomic mass is 35.5. The molecule has 1 N–H and O–H groups in total. The first-order valence-electron chi connectivity index (χ1n) is 9.24. The second-order valence-electron chi connectivity index (χ2n) is 6.84. The molecule has 0 unspecified atom stereocenters. The van der Waals surface area contributed by atoms with Crippen molar-refractivity contribution in [3.63, 3.8) is 0 Å². The summed E-state index contributed by atoms with van der Waals surface area (Å²) in [6.45, 7) is 3.48. The van der Waals surface area contributed by atoms with E-state index in [1.54, 1.807) is 24.7 Å². The molecule has 3 heterocycles. The predicted octanol–water partition coefficient (Wildman–Crippen LogP) is 3.48. The average Bonchev–Trinajstić information content (AvgIpc) is 3.14. The fourth-order valence-corrected chi connectivity index (χ4v) is 3.63. The molecule has 3 aromatic rings. The van der Waals surface area contributed by atoms with Crippen LogP contribution in [0, 0.1) is 12.8 Å². The number of rotatable bonds is 4. The van der Waals surface area contributed by atoms with E-state index >= 15 is 0 Å². The van der Waals surface area contributed by atoms with Gasteiger partial charge in [0.15, 0.2) is 0 Å². The van der Waals surface area contributed by atoms with Crippen LogP contribution in [-0.4, -0.2) is 38.5 Å². The number of nitrogens with zero attached hydrogens (tertiary/aromatic N) is 5. The molecule has 4 rings (SSSR count). The number of nitrogens with one attached hydrogen (secondary N) is 1. The van der Waals surface area contributed by atoms with E-state index in [1.165, 1.54) is 0 Å². The Balaban J connectivity index is 1.39. The van der Waals surface area contributed by atoms with Gasteiger partial charge in [0.1, 0.15) is 23.8 Å². The Morgan fingerprint density at radius 3 is 2.64 bits per heavy atom. The van der Waals surface area contributed by atoms with Crippen molar-refractivity contribution in [3.8, 4) is 5.82 Å². The highest BCUT2D eigenvalue weighted by Gasteiger charge is 2.26. The first-order chi connectivity index (χ1) is 13.6. The summed E-state index contributed by atoms with van der Waals surface area (Å²) in [6, 6.07) is 9.18. The quantitative estimate of drug-likeness (QED) is 0.730. The third-order valence-corrected chi connectivity index (χ3v) is 5.23. The molecular formula is C20H21ClN6O. The summed E-state index contributed by atoms with van der Waals surface area (Å²) >= 11 is 5.98. The van der Waals surface area contributed by atoms with Gasteiger partial charge in [-0.3, -0.25) is 9.36 Å². The van der Waals surface area contributed by atoms with Gasteiger partial charge >= 0.3 is 0 Å². The molecular weight excluding hydrogens is 376 g/mol. The number of carbonyl (C=O) groups is 1. The third kappa shape index (κ3) is 3.99. The number of hydrogen-bond donors (Lipinski definition) is 1. The molecule has 8 heteroatoms. The molecule has 2 aromatic heterocycles. The molecule has 1 amide bonds. The van der Waals surface area contributed by atoms with Crippen LogP contribution in [0.25, 0.3) is 5.82 Å². The van der Waals surface area contributed by atoms with Crippen LogP contribution in [0.3, 0.4) is 0 Å². The number of carbonyl (C=O) groups excluding carboxylic acids is 1. The molecule has 1 saturated heterocycles. The summed E-state index contributed by atoms with van der Waals surface area (Å²) < 4.78 is 1.93. The summed E-state index contributed by atoms with van der Waals surface area (Å²) in [5, 5.41) is 3.57. The molecule has 0 aliphatic carbocycles. The van der Waals surface area contributed by atoms with Crippen LogP contribution in [-0.2, 0) is 4.79 Å². The minimum Gasteiger partial charge on any atom is -0.356 e. The van der Waals surface area contributed by atoms with Gasteiger partial charge in [0.05, 0.1) is 0 Å². The van der Waals surface area contributed by atoms with Crippen LogP contribution in [0.5, 0.6) is 0 Å². The lowest BCUT2D eigenvalue weighted by Gasteiger charge is -2.32. The SMILES string of the molecule is Cc1nccn1-c1cc(N2CCC(C(=O)Nc3cccc(Cl)c3)CC2)ncn1. The number of anilines is 2. The summed E-state index contributed by atoms with van der Waals surface area (Å²) in [4.78, 5) is 27.8. The van der Waals surface area contributed by atoms with E-state index in [4.69, 9.17) is 11.6 Å². The number of aryl methyl sites for hydroxylation is 1. The van der Waals surface area contributed by atoms with Crippen molar-refractivity contribution in [2.24, 2.45) is 5.92 Å². The summed E-state index contributed by atoms with van der Waals surface area (Å²) in [6.07, 6.45) is 6.75. The highest BCUT2D eigenvalue weighted by Crippen LogP contribution is 2.24. The van der Waals surface area contributed by atoms with Crippen molar-refractivity contribution in [3.05, 3.63) is 59.9 Å². The lowest BCUT2D eigenvalue weighted by Crippen LogP contribution is -2.38. The van der Waals surface area contributed by atoms with Gasteiger partial charge in [-0.1, -0.05) is 17.7 Å². The molecule has 0 bridgehead atoms. The lowest BCUT2D eigenvalue weighted by molar-refractivity contribution is -0.120. The van der Waals surface area contributed by atoms with Crippen molar-refractivity contribution in [2.45, 2.75) is 19.8 Å². The van der Waals surface area contributed by atoms with Crippen LogP contribution in [0.15, 0.2) is 49.1 Å². The van der Waals surface area contributed by atoms with Gasteiger partial charge in [0.2, 0.25) is 5.91 Å². The summed E-state index contributed by atoms with van der Waals surface area (Å²) in [5.41, 5.74) is 0.732. The van der Waals surface area contributed by atoms with Gasteiger partial charge in [0.25, 0.3) is 0 Å². The summed E-state index contributed by atoms with van der Waals surface area (Å²) in [7, 11) is 0. The molecule has 28 heavy (non-hydrogen) atoms. The van der Waals surface area contributed by atoms with Gasteiger partial charge in [0, 0.05) is 48.2 Å². The Morgan fingerprint density at radius 2 is 1.93 bits per heavy atom. The standard InChI is InChI=1S/C20H21ClN6O/c1-14-22-7-10-27(14)19-12-18(23-13-24-19)26-8-5-15(6-9-26)20(28)25-17-4-2-3-16(21)11-17/h2-4,7,10-13,15H,5-6,8-9H2,1H3,(H,25,28). The maximum absolute atomic E-state index is 12.6. The van der Waals surface area contributed by atoms with E-state index in [2.05, 4.69) is 25.2 Å². The van der Waals surface area contributed by atoms with Crippen LogP contribution in [0.4, 0.5) is 11.5 Å². The minimum absolute atomic E-state index is 0.0209. The second kappa shape index (κ2) is 7.98. The first kappa shape index (κ1) is 18.4. The lowest BCUT2D eigenvalue weighted by atomic mass is 9.96. The van der Waals surface area contributed by atoms with Gasteiger partial charge in [-0.05, 0) is 38.0 Å². The first-order valence-corrected chi connectivity index (χ1v) is 9.62. The molecule has 144 valence electrons. The van der Waals surface area contributed by atoms with E-state index in [1.807, 2.05) is 35.9 Å². The van der Waals surface area contributed by atoms with Crippen LogP contribution in [0.1, 0.15) is 18.7 Å². The fraction of sp³-hybridized carbons (Fsp3) is 0.300. The monoisotopic (exact) mass is 396 g/mol. The van der Waals surface area contributed by atoms with E-state index in [0.29, 0.717) is 5.02 Å². The van der Waals surface area contributed by atoms with Gasteiger partial charge < -0.3 is 10.2 Å². The van der Waals surface area contributed by atoms with E-state index in [9.17, 15) is 4.79 Å². The van der Waals surface area contributed by atoms with Gasteiger partial charge in [-0.25, -0.2) is 15.0 Å². The zero-order chi connectivity index (χ0) is 19.5. The number of piperidine rings is 1. The maximum Gasteiger partial charge on any atom is 0.227 e. The number of amides is 1. The summed E-state index contributed by atoms with van der Waals surface area (Å²) in [5.74, 6) is 2.56. The van der Waals surface area contributed by atoms with Gasteiger partial charge in [-0.15, -0.1) is 0 Å². The Morgan fingerprint density at radius 1 is 1.14 bits per heavy atom. The van der Waals surface area contributed by atoms with Crippen LogP contribution in [0.2, 0.25) is 5.02 Å². The number of imidazole rings is 1. The van der Waals surface area contributed by atoms with Crippen molar-refractivity contribution < 1.29 is 4.79 Å². The topological polar surface area (TPSA) is 75.9 Å². The Hall–Kier alpha value is -2.93. The molecule has 0 saturated carbocycles. The second-order valence-corrected chi connectivity index (χ2v) is 7.28. The molecule has 1 aromatic carbocycles. The molecule has 1 aliphatic heterocycles. The van der Waals surface area contributed by atoms with Crippen molar-refractivity contribution in [2.75, 3.05) is 23.3 Å². The predicted molar refractivity (Wildman–Crippen MR) is 109 cm³/mol.